The molecular weight excluding hydrogens is 437 g/mol. The van der Waals surface area contributed by atoms with Gasteiger partial charge in [-0.2, -0.15) is 0 Å². The van der Waals surface area contributed by atoms with Gasteiger partial charge in [0, 0.05) is 45.3 Å². The maximum Gasteiger partial charge on any atom is 0.323 e. The van der Waals surface area contributed by atoms with Gasteiger partial charge in [-0.3, -0.25) is 14.9 Å². The molecule has 34 heavy (non-hydrogen) atoms. The summed E-state index contributed by atoms with van der Waals surface area (Å²) in [6, 6.07) is 11.7. The zero-order chi connectivity index (χ0) is 24.1. The van der Waals surface area contributed by atoms with Crippen molar-refractivity contribution in [1.82, 2.24) is 5.32 Å². The van der Waals surface area contributed by atoms with Gasteiger partial charge in [0.15, 0.2) is 0 Å². The van der Waals surface area contributed by atoms with Gasteiger partial charge in [0.25, 0.3) is 5.91 Å². The maximum atomic E-state index is 15.0. The number of hydrogen-bond donors (Lipinski definition) is 1. The number of nitrogens with zero attached hydrogens (tertiary/aromatic N) is 2. The van der Waals surface area contributed by atoms with E-state index < -0.39 is 0 Å². The number of ether oxygens (including phenoxy) is 2. The van der Waals surface area contributed by atoms with Crippen molar-refractivity contribution in [2.75, 3.05) is 43.2 Å². The number of unbranched alkanes of at least 4 members (excludes halogenated alkanes) is 1. The molecular formula is C26H34FN3O4. The second-order valence-corrected chi connectivity index (χ2v) is 8.83. The van der Waals surface area contributed by atoms with Gasteiger partial charge in [0.1, 0.15) is 17.6 Å². The second-order valence-electron chi connectivity index (χ2n) is 8.83. The molecule has 2 aliphatic heterocycles. The molecule has 2 heterocycles. The zero-order valence-corrected chi connectivity index (χ0v) is 19.8. The van der Waals surface area contributed by atoms with Gasteiger partial charge in [0.05, 0.1) is 18.9 Å². The minimum absolute atomic E-state index is 0. The van der Waals surface area contributed by atoms with Gasteiger partial charge < -0.3 is 19.3 Å². The molecule has 7 nitrogen and oxygen atoms in total. The van der Waals surface area contributed by atoms with Gasteiger partial charge in [-0.1, -0.05) is 13.3 Å². The largest absolute Gasteiger partial charge is 0.494 e. The molecule has 0 bridgehead atoms. The van der Waals surface area contributed by atoms with E-state index in [1.165, 1.54) is 11.0 Å². The Morgan fingerprint density at radius 2 is 2.06 bits per heavy atom. The highest BCUT2D eigenvalue weighted by molar-refractivity contribution is 6.05. The molecule has 2 atom stereocenters. The van der Waals surface area contributed by atoms with Gasteiger partial charge >= 0.3 is 5.97 Å². The molecule has 0 aliphatic carbocycles. The minimum Gasteiger partial charge on any atom is -0.494 e. The lowest BCUT2D eigenvalue weighted by atomic mass is 10.1. The fourth-order valence-corrected chi connectivity index (χ4v) is 4.35. The number of esters is 1. The first-order chi connectivity index (χ1) is 16.5. The summed E-state index contributed by atoms with van der Waals surface area (Å²) in [5, 5.41) is 3.33. The van der Waals surface area contributed by atoms with Crippen LogP contribution in [0.5, 0.6) is 5.75 Å². The van der Waals surface area contributed by atoms with Crippen molar-refractivity contribution < 1.29 is 24.9 Å². The van der Waals surface area contributed by atoms with Crippen LogP contribution in [0.2, 0.25) is 0 Å². The monoisotopic (exact) mass is 471 g/mol. The van der Waals surface area contributed by atoms with Crippen LogP contribution in [-0.2, 0) is 9.53 Å². The molecule has 2 saturated heterocycles. The Labute approximate surface area is 201 Å². The van der Waals surface area contributed by atoms with Crippen molar-refractivity contribution in [3.8, 4) is 5.75 Å². The summed E-state index contributed by atoms with van der Waals surface area (Å²) in [4.78, 5) is 28.0. The van der Waals surface area contributed by atoms with Crippen LogP contribution in [0.1, 0.15) is 44.4 Å². The van der Waals surface area contributed by atoms with Crippen LogP contribution >= 0.6 is 0 Å². The van der Waals surface area contributed by atoms with Gasteiger partial charge in [-0.25, -0.2) is 4.39 Å². The van der Waals surface area contributed by atoms with Crippen molar-refractivity contribution in [1.29, 1.82) is 0 Å². The van der Waals surface area contributed by atoms with Crippen molar-refractivity contribution in [3.05, 3.63) is 53.8 Å². The number of carbonyl (C=O) groups is 2. The highest BCUT2D eigenvalue weighted by atomic mass is 19.1. The van der Waals surface area contributed by atoms with Crippen molar-refractivity contribution in [3.63, 3.8) is 0 Å². The third-order valence-corrected chi connectivity index (χ3v) is 6.39. The summed E-state index contributed by atoms with van der Waals surface area (Å²) in [7, 11) is 1.64. The number of carbonyl (C=O) groups excluding carboxylic acids is 2. The lowest BCUT2D eigenvalue weighted by Crippen LogP contribution is -2.42. The number of hydrogen-bond acceptors (Lipinski definition) is 6. The van der Waals surface area contributed by atoms with E-state index in [-0.39, 0.29) is 31.2 Å². The number of rotatable bonds is 9. The number of amides is 1. The molecule has 0 aromatic heterocycles. The van der Waals surface area contributed by atoms with Gasteiger partial charge in [0.2, 0.25) is 0 Å². The first-order valence-electron chi connectivity index (χ1n) is 11.9. The van der Waals surface area contributed by atoms with Gasteiger partial charge in [-0.15, -0.1) is 0 Å². The number of halogens is 1. The molecule has 184 valence electrons. The molecule has 1 N–H and O–H groups in total. The minimum atomic E-state index is -0.377. The first-order valence-corrected chi connectivity index (χ1v) is 11.9. The lowest BCUT2D eigenvalue weighted by molar-refractivity contribution is -0.139. The highest BCUT2D eigenvalue weighted by Gasteiger charge is 2.32. The predicted octanol–water partition coefficient (Wildman–Crippen LogP) is 4.01. The standard InChI is InChI=1S/C26H32FN3O4.H2/c1-3-4-14-33-21-8-5-18(6-9-21)25(31)29(2)20-7-10-24(22(27)16-20)30-13-11-19(17-30)28-23-12-15-34-26(23)32;/h5-10,16,19,23,28H,3-4,11-15,17H2,1-2H3;1H. The van der Waals surface area contributed by atoms with Crippen LogP contribution < -0.4 is 19.9 Å². The van der Waals surface area contributed by atoms with E-state index in [0.29, 0.717) is 49.7 Å². The topological polar surface area (TPSA) is 71.1 Å². The molecule has 8 heteroatoms. The number of cyclic esters (lactones) is 1. The van der Waals surface area contributed by atoms with Crippen LogP contribution in [0, 0.1) is 5.82 Å². The van der Waals surface area contributed by atoms with E-state index in [1.807, 2.05) is 4.90 Å². The smallest absolute Gasteiger partial charge is 0.323 e. The maximum absolute atomic E-state index is 15.0. The Morgan fingerprint density at radius 3 is 2.74 bits per heavy atom. The summed E-state index contributed by atoms with van der Waals surface area (Å²) in [5.74, 6) is -0.0782. The summed E-state index contributed by atoms with van der Waals surface area (Å²) in [6.07, 6.45) is 3.53. The third-order valence-electron chi connectivity index (χ3n) is 6.39. The Hall–Kier alpha value is -3.13. The van der Waals surface area contributed by atoms with Crippen molar-refractivity contribution in [2.45, 2.75) is 44.7 Å². The van der Waals surface area contributed by atoms with Crippen molar-refractivity contribution in [2.24, 2.45) is 0 Å². The lowest BCUT2D eigenvalue weighted by Gasteiger charge is -2.23. The van der Waals surface area contributed by atoms with Crippen molar-refractivity contribution >= 4 is 23.3 Å². The molecule has 0 radical (unpaired) electrons. The van der Waals surface area contributed by atoms with E-state index in [0.717, 1.165) is 25.0 Å². The Balaban J connectivity index is 0.00000342. The molecule has 2 fully saturated rings. The molecule has 2 aromatic rings. The second kappa shape index (κ2) is 10.9. The quantitative estimate of drug-likeness (QED) is 0.440. The highest BCUT2D eigenvalue weighted by Crippen LogP contribution is 2.28. The Bertz CT molecular complexity index is 1020. The number of nitrogens with one attached hydrogen (secondary N) is 1. The summed E-state index contributed by atoms with van der Waals surface area (Å²) < 4.78 is 25.7. The van der Waals surface area contributed by atoms with E-state index in [2.05, 4.69) is 12.2 Å². The molecule has 0 saturated carbocycles. The van der Waals surface area contributed by atoms with E-state index in [9.17, 15) is 9.59 Å². The molecule has 4 rings (SSSR count). The van der Waals surface area contributed by atoms with Crippen LogP contribution in [0.25, 0.3) is 0 Å². The zero-order valence-electron chi connectivity index (χ0n) is 19.8. The fourth-order valence-electron chi connectivity index (χ4n) is 4.35. The molecule has 1 amide bonds. The molecule has 2 aliphatic rings. The van der Waals surface area contributed by atoms with Crippen LogP contribution in [0.4, 0.5) is 15.8 Å². The normalized spacial score (nSPS) is 19.9. The molecule has 2 aromatic carbocycles. The fraction of sp³-hybridized carbons (Fsp3) is 0.462. The van der Waals surface area contributed by atoms with Gasteiger partial charge in [-0.05, 0) is 55.3 Å². The summed E-state index contributed by atoms with van der Waals surface area (Å²) in [6.45, 7) is 4.51. The number of anilines is 2. The Morgan fingerprint density at radius 1 is 1.26 bits per heavy atom. The van der Waals surface area contributed by atoms with Crippen LogP contribution in [0.15, 0.2) is 42.5 Å². The van der Waals surface area contributed by atoms with Crippen LogP contribution in [-0.4, -0.2) is 57.3 Å². The average molecular weight is 472 g/mol. The Kier molecular flexibility index (Phi) is 7.67. The van der Waals surface area contributed by atoms with E-state index in [4.69, 9.17) is 9.47 Å². The summed E-state index contributed by atoms with van der Waals surface area (Å²) >= 11 is 0. The average Bonchev–Trinajstić information content (AvgIpc) is 3.48. The molecule has 2 unspecified atom stereocenters. The van der Waals surface area contributed by atoms with Crippen LogP contribution in [0.3, 0.4) is 0 Å². The molecule has 0 spiro atoms. The number of benzene rings is 2. The first kappa shape index (κ1) is 24.0. The third kappa shape index (κ3) is 5.50. The van der Waals surface area contributed by atoms with E-state index in [1.54, 1.807) is 43.4 Å². The van der Waals surface area contributed by atoms with E-state index >= 15 is 4.39 Å². The summed E-state index contributed by atoms with van der Waals surface area (Å²) in [5.41, 5.74) is 1.49. The SMILES string of the molecule is CCCCOc1ccc(C(=O)N(C)c2ccc(N3CCC(NC4CCOC4=O)C3)c(F)c2)cc1.[HH]. The predicted molar refractivity (Wildman–Crippen MR) is 131 cm³/mol.